The van der Waals surface area contributed by atoms with Crippen LogP contribution in [-0.2, 0) is 5.41 Å². The van der Waals surface area contributed by atoms with Gasteiger partial charge in [0.05, 0.1) is 17.9 Å². The normalized spacial score (nSPS) is 36.2. The van der Waals surface area contributed by atoms with E-state index in [1.165, 1.54) is 69.1 Å². The number of likely N-dealkylation sites (tertiary alicyclic amines) is 1. The quantitative estimate of drug-likeness (QED) is 0.699. The van der Waals surface area contributed by atoms with Crippen LogP contribution in [0.3, 0.4) is 0 Å². The summed E-state index contributed by atoms with van der Waals surface area (Å²) in [5, 5.41) is 3.29. The molecule has 1 N–H and O–H groups in total. The van der Waals surface area contributed by atoms with E-state index in [9.17, 15) is 4.79 Å². The summed E-state index contributed by atoms with van der Waals surface area (Å²) in [5.74, 6) is 3.21. The highest BCUT2D eigenvalue weighted by atomic mass is 16.3. The minimum absolute atomic E-state index is 0.0314. The molecule has 5 aliphatic rings. The Morgan fingerprint density at radius 2 is 1.97 bits per heavy atom. The fourth-order valence-electron chi connectivity index (χ4n) is 8.48. The van der Waals surface area contributed by atoms with E-state index in [1.807, 2.05) is 0 Å². The van der Waals surface area contributed by atoms with Gasteiger partial charge in [0.2, 0.25) is 0 Å². The lowest BCUT2D eigenvalue weighted by Gasteiger charge is -2.46. The lowest BCUT2D eigenvalue weighted by molar-refractivity contribution is 0.0390. The van der Waals surface area contributed by atoms with E-state index in [1.54, 1.807) is 25.2 Å². The zero-order valence-corrected chi connectivity index (χ0v) is 18.9. The molecule has 2 heterocycles. The van der Waals surface area contributed by atoms with Gasteiger partial charge in [0.15, 0.2) is 0 Å². The molecule has 1 amide bonds. The number of amides is 1. The van der Waals surface area contributed by atoms with Crippen molar-refractivity contribution >= 4 is 5.91 Å². The minimum Gasteiger partial charge on any atom is -0.472 e. The number of hydrogen-bond acceptors (Lipinski definition) is 3. The van der Waals surface area contributed by atoms with Crippen LogP contribution in [0.1, 0.15) is 78.9 Å². The number of rotatable bonds is 5. The first-order valence-corrected chi connectivity index (χ1v) is 12.8. The van der Waals surface area contributed by atoms with Crippen molar-refractivity contribution < 1.29 is 9.21 Å². The first-order chi connectivity index (χ1) is 15.7. The Kier molecular flexibility index (Phi) is 4.22. The molecule has 32 heavy (non-hydrogen) atoms. The van der Waals surface area contributed by atoms with Crippen LogP contribution < -0.4 is 5.32 Å². The first-order valence-electron chi connectivity index (χ1n) is 12.8. The molecule has 1 aliphatic heterocycles. The SMILES string of the molecule is O=C(N[C@H]1CC2(CCN(CCC3CC45C[C@H]4CC[C@@H]35)CC2)c2ccccc21)c1ccoc1. The number of furan rings is 1. The Balaban J connectivity index is 0.995. The van der Waals surface area contributed by atoms with Crippen LogP contribution in [-0.4, -0.2) is 30.4 Å². The Labute approximate surface area is 190 Å². The summed E-state index contributed by atoms with van der Waals surface area (Å²) >= 11 is 0. The summed E-state index contributed by atoms with van der Waals surface area (Å²) in [6, 6.07) is 10.7. The molecule has 2 spiro atoms. The molecule has 3 saturated carbocycles. The molecule has 0 bridgehead atoms. The number of carbonyl (C=O) groups excluding carboxylic acids is 1. The maximum atomic E-state index is 12.7. The number of nitrogens with zero attached hydrogens (tertiary/aromatic N) is 1. The van der Waals surface area contributed by atoms with Gasteiger partial charge in [-0.25, -0.2) is 0 Å². The van der Waals surface area contributed by atoms with Gasteiger partial charge < -0.3 is 14.6 Å². The van der Waals surface area contributed by atoms with Crippen molar-refractivity contribution in [2.45, 2.75) is 62.8 Å². The highest BCUT2D eigenvalue weighted by Gasteiger charge is 2.70. The molecule has 1 aromatic carbocycles. The van der Waals surface area contributed by atoms with Crippen LogP contribution in [0, 0.1) is 23.2 Å². The topological polar surface area (TPSA) is 45.5 Å². The highest BCUT2D eigenvalue weighted by molar-refractivity contribution is 5.94. The van der Waals surface area contributed by atoms with E-state index in [-0.39, 0.29) is 17.4 Å². The Morgan fingerprint density at radius 3 is 2.75 bits per heavy atom. The minimum atomic E-state index is -0.0314. The molecule has 7 rings (SSSR count). The average Bonchev–Trinajstić information content (AvgIpc) is 3.11. The standard InChI is InChI=1S/C28H34N2O2/c31-26(20-8-14-32-18-20)29-25-17-27(24-4-2-1-3-22(24)25)9-12-30(13-10-27)11-7-19-15-28-16-21(28)5-6-23(19)28/h1-4,8,14,18-19,21,23,25H,5-7,9-13,15-17H2,(H,29,31)/t19?,21-,23+,25+,28?/m1/s1. The second-order valence-electron chi connectivity index (χ2n) is 11.5. The van der Waals surface area contributed by atoms with E-state index in [0.717, 1.165) is 29.6 Å². The maximum absolute atomic E-state index is 12.7. The predicted octanol–water partition coefficient (Wildman–Crippen LogP) is 5.31. The third kappa shape index (κ3) is 2.81. The van der Waals surface area contributed by atoms with Crippen molar-refractivity contribution in [2.75, 3.05) is 19.6 Å². The second-order valence-corrected chi connectivity index (χ2v) is 11.5. The van der Waals surface area contributed by atoms with Gasteiger partial charge in [0.1, 0.15) is 6.26 Å². The molecule has 4 nitrogen and oxygen atoms in total. The van der Waals surface area contributed by atoms with Gasteiger partial charge in [0.25, 0.3) is 5.91 Å². The van der Waals surface area contributed by atoms with E-state index in [0.29, 0.717) is 5.56 Å². The van der Waals surface area contributed by atoms with Crippen LogP contribution in [0.15, 0.2) is 47.3 Å². The van der Waals surface area contributed by atoms with E-state index < -0.39 is 0 Å². The molecule has 168 valence electrons. The molecular formula is C28H34N2O2. The first kappa shape index (κ1) is 19.4. The van der Waals surface area contributed by atoms with Gasteiger partial charge in [-0.3, -0.25) is 4.79 Å². The Hall–Kier alpha value is -2.07. The Bertz CT molecular complexity index is 1020. The number of carbonyl (C=O) groups is 1. The van der Waals surface area contributed by atoms with Crippen molar-refractivity contribution in [3.05, 3.63) is 59.5 Å². The van der Waals surface area contributed by atoms with Crippen molar-refractivity contribution in [3.63, 3.8) is 0 Å². The van der Waals surface area contributed by atoms with Gasteiger partial charge in [-0.15, -0.1) is 0 Å². The van der Waals surface area contributed by atoms with E-state index in [2.05, 4.69) is 34.5 Å². The lowest BCUT2D eigenvalue weighted by atomic mass is 9.61. The van der Waals surface area contributed by atoms with Crippen LogP contribution in [0.4, 0.5) is 0 Å². The largest absolute Gasteiger partial charge is 0.472 e. The zero-order valence-electron chi connectivity index (χ0n) is 18.9. The Morgan fingerprint density at radius 1 is 1.09 bits per heavy atom. The molecule has 4 heteroatoms. The number of nitrogens with one attached hydrogen (secondary N) is 1. The number of fused-ring (bicyclic) bond motifs is 2. The number of benzene rings is 1. The number of piperidine rings is 1. The molecule has 2 unspecified atom stereocenters. The highest BCUT2D eigenvalue weighted by Crippen LogP contribution is 2.78. The lowest BCUT2D eigenvalue weighted by Crippen LogP contribution is -2.44. The smallest absolute Gasteiger partial charge is 0.255 e. The molecule has 4 fully saturated rings. The van der Waals surface area contributed by atoms with Gasteiger partial charge in [-0.05, 0) is 111 Å². The molecular weight excluding hydrogens is 396 g/mol. The van der Waals surface area contributed by atoms with Crippen molar-refractivity contribution in [3.8, 4) is 0 Å². The van der Waals surface area contributed by atoms with Gasteiger partial charge in [0, 0.05) is 5.41 Å². The van der Waals surface area contributed by atoms with Crippen molar-refractivity contribution in [2.24, 2.45) is 23.2 Å². The summed E-state index contributed by atoms with van der Waals surface area (Å²) in [6.07, 6.45) is 14.1. The predicted molar refractivity (Wildman–Crippen MR) is 123 cm³/mol. The molecule has 5 atom stereocenters. The van der Waals surface area contributed by atoms with E-state index in [4.69, 9.17) is 4.42 Å². The summed E-state index contributed by atoms with van der Waals surface area (Å²) in [6.45, 7) is 3.68. The van der Waals surface area contributed by atoms with Gasteiger partial charge in [-0.2, -0.15) is 0 Å². The van der Waals surface area contributed by atoms with Crippen molar-refractivity contribution in [1.29, 1.82) is 0 Å². The zero-order chi connectivity index (χ0) is 21.3. The summed E-state index contributed by atoms with van der Waals surface area (Å²) in [4.78, 5) is 15.4. The molecule has 0 radical (unpaired) electrons. The molecule has 4 aliphatic carbocycles. The maximum Gasteiger partial charge on any atom is 0.255 e. The van der Waals surface area contributed by atoms with Crippen molar-refractivity contribution in [1.82, 2.24) is 10.2 Å². The molecule has 2 aromatic rings. The van der Waals surface area contributed by atoms with Gasteiger partial charge >= 0.3 is 0 Å². The summed E-state index contributed by atoms with van der Waals surface area (Å²) in [7, 11) is 0. The third-order valence-electron chi connectivity index (χ3n) is 10.3. The summed E-state index contributed by atoms with van der Waals surface area (Å²) in [5.41, 5.74) is 4.48. The van der Waals surface area contributed by atoms with Crippen LogP contribution in [0.2, 0.25) is 0 Å². The fourth-order valence-corrected chi connectivity index (χ4v) is 8.48. The third-order valence-corrected chi connectivity index (χ3v) is 10.3. The molecule has 1 saturated heterocycles. The average molecular weight is 431 g/mol. The number of hydrogen-bond donors (Lipinski definition) is 1. The molecule has 1 aromatic heterocycles. The van der Waals surface area contributed by atoms with E-state index >= 15 is 0 Å². The van der Waals surface area contributed by atoms with Crippen LogP contribution in [0.5, 0.6) is 0 Å². The monoisotopic (exact) mass is 430 g/mol. The second kappa shape index (κ2) is 6.96. The van der Waals surface area contributed by atoms with Crippen LogP contribution >= 0.6 is 0 Å². The van der Waals surface area contributed by atoms with Gasteiger partial charge in [-0.1, -0.05) is 24.3 Å². The van der Waals surface area contributed by atoms with Crippen LogP contribution in [0.25, 0.3) is 0 Å². The summed E-state index contributed by atoms with van der Waals surface area (Å²) < 4.78 is 5.11. The fraction of sp³-hybridized carbons (Fsp3) is 0.607.